The molecule has 0 spiro atoms. The molecular formula is C20H19Cl2FN4O3. The topological polar surface area (TPSA) is 95.4 Å². The van der Waals surface area contributed by atoms with Crippen LogP contribution in [0.5, 0.6) is 5.75 Å². The highest BCUT2D eigenvalue weighted by Crippen LogP contribution is 2.37. The molecule has 4 rings (SSSR count). The Hall–Kier alpha value is -2.39. The Morgan fingerprint density at radius 1 is 1.30 bits per heavy atom. The van der Waals surface area contributed by atoms with Crippen LogP contribution in [0.3, 0.4) is 0 Å². The van der Waals surface area contributed by atoms with Crippen LogP contribution in [0.1, 0.15) is 24.6 Å². The average molecular weight is 453 g/mol. The molecule has 0 aliphatic carbocycles. The minimum absolute atomic E-state index is 0.101. The Morgan fingerprint density at radius 2 is 2.10 bits per heavy atom. The molecule has 1 saturated heterocycles. The molecule has 0 radical (unpaired) electrons. The second kappa shape index (κ2) is 8.39. The first-order valence-electron chi connectivity index (χ1n) is 9.21. The number of hydrogen-bond acceptors (Lipinski definition) is 6. The van der Waals surface area contributed by atoms with E-state index in [1.54, 1.807) is 36.3 Å². The van der Waals surface area contributed by atoms with Crippen molar-refractivity contribution in [2.24, 2.45) is 0 Å². The van der Waals surface area contributed by atoms with Crippen LogP contribution >= 0.6 is 23.2 Å². The molecule has 30 heavy (non-hydrogen) atoms. The van der Waals surface area contributed by atoms with E-state index in [0.29, 0.717) is 23.5 Å². The van der Waals surface area contributed by atoms with E-state index in [2.05, 4.69) is 10.1 Å². The number of benzene rings is 1. The summed E-state index contributed by atoms with van der Waals surface area (Å²) < 4.78 is 26.7. The number of nitrogens with two attached hydrogens (primary N) is 1. The third-order valence-corrected chi connectivity index (χ3v) is 5.68. The lowest BCUT2D eigenvalue weighted by atomic mass is 10.1. The second-order valence-electron chi connectivity index (χ2n) is 7.01. The van der Waals surface area contributed by atoms with E-state index in [9.17, 15) is 9.50 Å². The summed E-state index contributed by atoms with van der Waals surface area (Å²) in [5.41, 5.74) is 7.78. The Labute approximate surface area is 182 Å². The average Bonchev–Trinajstić information content (AvgIpc) is 3.35. The Balaban J connectivity index is 1.60. The van der Waals surface area contributed by atoms with E-state index in [-0.39, 0.29) is 28.5 Å². The highest BCUT2D eigenvalue weighted by molar-refractivity contribution is 6.36. The molecule has 1 aliphatic rings. The SMILES string of the molecule is CC(Oc1cc(-c2cnn(C3COCC3O)c2)cnc1N)c1c(Cl)ccc(F)c1Cl. The summed E-state index contributed by atoms with van der Waals surface area (Å²) in [5, 5.41) is 14.5. The number of anilines is 1. The van der Waals surface area contributed by atoms with Gasteiger partial charge in [-0.3, -0.25) is 4.68 Å². The smallest absolute Gasteiger partial charge is 0.166 e. The molecular weight excluding hydrogens is 434 g/mol. The van der Waals surface area contributed by atoms with Gasteiger partial charge in [0, 0.05) is 34.1 Å². The van der Waals surface area contributed by atoms with Crippen molar-refractivity contribution >= 4 is 29.0 Å². The fraction of sp³-hybridized carbons (Fsp3) is 0.300. The third-order valence-electron chi connectivity index (χ3n) is 4.97. The number of aliphatic hydroxyl groups excluding tert-OH is 1. The van der Waals surface area contributed by atoms with Crippen molar-refractivity contribution in [3.8, 4) is 16.9 Å². The van der Waals surface area contributed by atoms with Gasteiger partial charge in [0.2, 0.25) is 0 Å². The fourth-order valence-electron chi connectivity index (χ4n) is 3.33. The molecule has 0 saturated carbocycles. The number of pyridine rings is 1. The van der Waals surface area contributed by atoms with Crippen LogP contribution in [0.4, 0.5) is 10.2 Å². The van der Waals surface area contributed by atoms with Gasteiger partial charge in [0.05, 0.1) is 24.4 Å². The van der Waals surface area contributed by atoms with Crippen LogP contribution in [0.25, 0.3) is 11.1 Å². The molecule has 0 amide bonds. The first-order valence-corrected chi connectivity index (χ1v) is 9.96. The molecule has 158 valence electrons. The van der Waals surface area contributed by atoms with E-state index in [0.717, 1.165) is 5.56 Å². The van der Waals surface area contributed by atoms with E-state index < -0.39 is 18.0 Å². The van der Waals surface area contributed by atoms with Crippen molar-refractivity contribution < 1.29 is 19.0 Å². The van der Waals surface area contributed by atoms with E-state index in [1.165, 1.54) is 12.1 Å². The minimum Gasteiger partial charge on any atom is -0.482 e. The number of nitrogens with zero attached hydrogens (tertiary/aromatic N) is 3. The zero-order valence-electron chi connectivity index (χ0n) is 15.9. The molecule has 2 aromatic heterocycles. The molecule has 1 aliphatic heterocycles. The molecule has 1 fully saturated rings. The van der Waals surface area contributed by atoms with Crippen LogP contribution in [0.2, 0.25) is 10.0 Å². The lowest BCUT2D eigenvalue weighted by molar-refractivity contribution is 0.118. The summed E-state index contributed by atoms with van der Waals surface area (Å²) in [5.74, 6) is -0.119. The molecule has 1 aromatic carbocycles. The zero-order chi connectivity index (χ0) is 21.4. The summed E-state index contributed by atoms with van der Waals surface area (Å²) in [4.78, 5) is 4.19. The van der Waals surface area contributed by atoms with Gasteiger partial charge in [0.15, 0.2) is 11.6 Å². The van der Waals surface area contributed by atoms with Crippen molar-refractivity contribution in [3.63, 3.8) is 0 Å². The van der Waals surface area contributed by atoms with Crippen LogP contribution in [-0.4, -0.2) is 39.2 Å². The molecule has 3 unspecified atom stereocenters. The highest BCUT2D eigenvalue weighted by atomic mass is 35.5. The number of aliphatic hydroxyl groups is 1. The summed E-state index contributed by atoms with van der Waals surface area (Å²) in [6, 6.07) is 4.09. The summed E-state index contributed by atoms with van der Waals surface area (Å²) in [7, 11) is 0. The van der Waals surface area contributed by atoms with Crippen LogP contribution < -0.4 is 10.5 Å². The monoisotopic (exact) mass is 452 g/mol. The largest absolute Gasteiger partial charge is 0.482 e. The number of halogens is 3. The predicted octanol–water partition coefficient (Wildman–Crippen LogP) is 4.05. The van der Waals surface area contributed by atoms with Gasteiger partial charge in [-0.25, -0.2) is 9.37 Å². The maximum Gasteiger partial charge on any atom is 0.166 e. The van der Waals surface area contributed by atoms with Crippen molar-refractivity contribution in [3.05, 3.63) is 58.2 Å². The molecule has 3 aromatic rings. The van der Waals surface area contributed by atoms with E-state index >= 15 is 0 Å². The van der Waals surface area contributed by atoms with Gasteiger partial charge in [-0.15, -0.1) is 0 Å². The summed E-state index contributed by atoms with van der Waals surface area (Å²) in [6.07, 6.45) is 3.77. The van der Waals surface area contributed by atoms with Gasteiger partial charge in [-0.2, -0.15) is 5.10 Å². The maximum atomic E-state index is 13.9. The fourth-order valence-corrected chi connectivity index (χ4v) is 4.00. The summed E-state index contributed by atoms with van der Waals surface area (Å²) in [6.45, 7) is 2.37. The van der Waals surface area contributed by atoms with Crippen molar-refractivity contribution in [2.75, 3.05) is 18.9 Å². The zero-order valence-corrected chi connectivity index (χ0v) is 17.4. The Morgan fingerprint density at radius 3 is 2.83 bits per heavy atom. The van der Waals surface area contributed by atoms with Gasteiger partial charge >= 0.3 is 0 Å². The predicted molar refractivity (Wildman–Crippen MR) is 111 cm³/mol. The molecule has 3 atom stereocenters. The lowest BCUT2D eigenvalue weighted by Gasteiger charge is -2.19. The quantitative estimate of drug-likeness (QED) is 0.567. The Bertz CT molecular complexity index is 1080. The first-order chi connectivity index (χ1) is 14.3. The van der Waals surface area contributed by atoms with Gasteiger partial charge in [0.1, 0.15) is 24.1 Å². The maximum absolute atomic E-state index is 13.9. The van der Waals surface area contributed by atoms with Crippen molar-refractivity contribution in [1.29, 1.82) is 0 Å². The molecule has 3 N–H and O–H groups in total. The molecule has 3 heterocycles. The normalized spacial score (nSPS) is 19.8. The Kier molecular flexibility index (Phi) is 5.84. The van der Waals surface area contributed by atoms with E-state index in [4.69, 9.17) is 38.4 Å². The molecule has 10 heteroatoms. The van der Waals surface area contributed by atoms with Gasteiger partial charge in [-0.05, 0) is 25.1 Å². The second-order valence-corrected chi connectivity index (χ2v) is 7.79. The summed E-state index contributed by atoms with van der Waals surface area (Å²) >= 11 is 12.3. The lowest BCUT2D eigenvalue weighted by Crippen LogP contribution is -2.22. The number of aromatic nitrogens is 3. The number of rotatable bonds is 5. The number of nitrogen functional groups attached to an aromatic ring is 1. The standard InChI is InChI=1S/C20H19Cl2FN4O3/c1-10(18-13(21)2-3-14(23)19(18)22)30-17-4-11(5-25-20(17)24)12-6-26-27(7-12)15-8-29-9-16(15)28/h2-7,10,15-16,28H,8-9H2,1H3,(H2,24,25). The molecule has 0 bridgehead atoms. The number of hydrogen-bond donors (Lipinski definition) is 2. The first kappa shape index (κ1) is 20.9. The van der Waals surface area contributed by atoms with Crippen molar-refractivity contribution in [2.45, 2.75) is 25.2 Å². The van der Waals surface area contributed by atoms with Gasteiger partial charge in [0.25, 0.3) is 0 Å². The van der Waals surface area contributed by atoms with Crippen molar-refractivity contribution in [1.82, 2.24) is 14.8 Å². The highest BCUT2D eigenvalue weighted by Gasteiger charge is 2.28. The number of ether oxygens (including phenoxy) is 2. The van der Waals surface area contributed by atoms with E-state index in [1.807, 2.05) is 0 Å². The van der Waals surface area contributed by atoms with Crippen LogP contribution in [0, 0.1) is 5.82 Å². The van der Waals surface area contributed by atoms with Crippen LogP contribution in [-0.2, 0) is 4.74 Å². The minimum atomic E-state index is -0.673. The third kappa shape index (κ3) is 3.96. The van der Waals surface area contributed by atoms with Gasteiger partial charge in [-0.1, -0.05) is 23.2 Å². The van der Waals surface area contributed by atoms with Crippen LogP contribution in [0.15, 0.2) is 36.8 Å². The van der Waals surface area contributed by atoms with Gasteiger partial charge < -0.3 is 20.3 Å². The molecule has 7 nitrogen and oxygen atoms in total.